The molecule has 4 heteroatoms. The van der Waals surface area contributed by atoms with Crippen LogP contribution < -0.4 is 0 Å². The van der Waals surface area contributed by atoms with Crippen molar-refractivity contribution in [1.29, 1.82) is 0 Å². The Morgan fingerprint density at radius 3 is 2.44 bits per heavy atom. The van der Waals surface area contributed by atoms with Crippen molar-refractivity contribution in [3.63, 3.8) is 0 Å². The Bertz CT molecular complexity index is 187. The van der Waals surface area contributed by atoms with Gasteiger partial charge < -0.3 is 19.5 Å². The van der Waals surface area contributed by atoms with Gasteiger partial charge in [0, 0.05) is 32.3 Å². The summed E-state index contributed by atoms with van der Waals surface area (Å²) in [5.74, 6) is 0. The second-order valence-electron chi connectivity index (χ2n) is 4.67. The van der Waals surface area contributed by atoms with Gasteiger partial charge in [-0.3, -0.25) is 0 Å². The van der Waals surface area contributed by atoms with Crippen LogP contribution in [0.25, 0.3) is 0 Å². The molecule has 2 saturated heterocycles. The lowest BCUT2D eigenvalue weighted by Gasteiger charge is -2.39. The molecule has 0 aliphatic carbocycles. The first-order chi connectivity index (χ1) is 7.90. The Labute approximate surface area is 97.5 Å². The molecule has 16 heavy (non-hydrogen) atoms. The first-order valence-corrected chi connectivity index (χ1v) is 6.44. The number of aliphatic hydroxyl groups is 1. The SMILES string of the molecule is OCCOC1CCN(C2CCOCC2)CC1. The van der Waals surface area contributed by atoms with Crippen LogP contribution in [0.1, 0.15) is 25.7 Å². The highest BCUT2D eigenvalue weighted by Crippen LogP contribution is 2.21. The van der Waals surface area contributed by atoms with Crippen molar-refractivity contribution in [2.45, 2.75) is 37.8 Å². The van der Waals surface area contributed by atoms with E-state index in [0.717, 1.165) is 45.2 Å². The van der Waals surface area contributed by atoms with Crippen LogP contribution in [0.2, 0.25) is 0 Å². The van der Waals surface area contributed by atoms with E-state index in [1.807, 2.05) is 0 Å². The minimum atomic E-state index is 0.139. The van der Waals surface area contributed by atoms with E-state index in [-0.39, 0.29) is 6.61 Å². The quantitative estimate of drug-likeness (QED) is 0.768. The predicted octanol–water partition coefficient (Wildman–Crippen LogP) is 0.639. The van der Waals surface area contributed by atoms with E-state index in [0.29, 0.717) is 12.7 Å². The first-order valence-electron chi connectivity index (χ1n) is 6.44. The predicted molar refractivity (Wildman–Crippen MR) is 61.5 cm³/mol. The number of nitrogens with zero attached hydrogens (tertiary/aromatic N) is 1. The van der Waals surface area contributed by atoms with Crippen molar-refractivity contribution in [1.82, 2.24) is 4.90 Å². The van der Waals surface area contributed by atoms with Gasteiger partial charge in [0.05, 0.1) is 19.3 Å². The molecule has 0 unspecified atom stereocenters. The number of hydrogen-bond acceptors (Lipinski definition) is 4. The molecule has 0 radical (unpaired) electrons. The second-order valence-corrected chi connectivity index (χ2v) is 4.67. The summed E-state index contributed by atoms with van der Waals surface area (Å²) in [6, 6.07) is 0.729. The molecule has 0 spiro atoms. The van der Waals surface area contributed by atoms with Crippen molar-refractivity contribution in [2.24, 2.45) is 0 Å². The van der Waals surface area contributed by atoms with Gasteiger partial charge in [0.15, 0.2) is 0 Å². The van der Waals surface area contributed by atoms with Gasteiger partial charge in [0.1, 0.15) is 0 Å². The smallest absolute Gasteiger partial charge is 0.0701 e. The lowest BCUT2D eigenvalue weighted by molar-refractivity contribution is -0.0304. The fraction of sp³-hybridized carbons (Fsp3) is 1.00. The normalized spacial score (nSPS) is 26.1. The summed E-state index contributed by atoms with van der Waals surface area (Å²) < 4.78 is 11.0. The zero-order valence-electron chi connectivity index (χ0n) is 9.94. The number of aliphatic hydroxyl groups excluding tert-OH is 1. The first kappa shape index (κ1) is 12.3. The van der Waals surface area contributed by atoms with E-state index >= 15 is 0 Å². The molecular weight excluding hydrogens is 206 g/mol. The average Bonchev–Trinajstić information content (AvgIpc) is 2.38. The summed E-state index contributed by atoms with van der Waals surface area (Å²) in [6.07, 6.45) is 4.95. The van der Waals surface area contributed by atoms with E-state index in [4.69, 9.17) is 14.6 Å². The minimum Gasteiger partial charge on any atom is -0.394 e. The summed E-state index contributed by atoms with van der Waals surface area (Å²) >= 11 is 0. The van der Waals surface area contributed by atoms with Gasteiger partial charge >= 0.3 is 0 Å². The van der Waals surface area contributed by atoms with Gasteiger partial charge in [-0.05, 0) is 25.7 Å². The Balaban J connectivity index is 1.67. The summed E-state index contributed by atoms with van der Waals surface area (Å²) in [5.41, 5.74) is 0. The third kappa shape index (κ3) is 3.42. The van der Waals surface area contributed by atoms with Gasteiger partial charge in [0.2, 0.25) is 0 Å². The van der Waals surface area contributed by atoms with Crippen LogP contribution in [-0.2, 0) is 9.47 Å². The summed E-state index contributed by atoms with van der Waals surface area (Å²) in [7, 11) is 0. The molecule has 0 saturated carbocycles. The highest BCUT2D eigenvalue weighted by atomic mass is 16.5. The highest BCUT2D eigenvalue weighted by Gasteiger charge is 2.26. The fourth-order valence-corrected chi connectivity index (χ4v) is 2.68. The average molecular weight is 229 g/mol. The molecule has 0 aromatic rings. The molecule has 4 nitrogen and oxygen atoms in total. The summed E-state index contributed by atoms with van der Waals surface area (Å²) in [4.78, 5) is 2.58. The maximum atomic E-state index is 8.70. The number of hydrogen-bond donors (Lipinski definition) is 1. The van der Waals surface area contributed by atoms with Crippen LogP contribution in [0, 0.1) is 0 Å². The third-order valence-corrected chi connectivity index (χ3v) is 3.63. The molecule has 2 aliphatic heterocycles. The molecule has 0 aromatic carbocycles. The van der Waals surface area contributed by atoms with Crippen molar-refractivity contribution in [3.8, 4) is 0 Å². The van der Waals surface area contributed by atoms with Gasteiger partial charge in [-0.1, -0.05) is 0 Å². The molecule has 1 N–H and O–H groups in total. The Morgan fingerprint density at radius 1 is 1.12 bits per heavy atom. The molecule has 2 fully saturated rings. The topological polar surface area (TPSA) is 41.9 Å². The number of piperidine rings is 1. The monoisotopic (exact) mass is 229 g/mol. The van der Waals surface area contributed by atoms with Gasteiger partial charge in [0.25, 0.3) is 0 Å². The number of rotatable bonds is 4. The Hall–Kier alpha value is -0.160. The highest BCUT2D eigenvalue weighted by molar-refractivity contribution is 4.80. The fourth-order valence-electron chi connectivity index (χ4n) is 2.68. The van der Waals surface area contributed by atoms with Crippen LogP contribution in [0.5, 0.6) is 0 Å². The molecular formula is C12H23NO3. The molecule has 2 aliphatic rings. The molecule has 0 bridgehead atoms. The second kappa shape index (κ2) is 6.55. The van der Waals surface area contributed by atoms with E-state index < -0.39 is 0 Å². The standard InChI is InChI=1S/C12H23NO3/c14-7-10-16-12-1-5-13(6-2-12)11-3-8-15-9-4-11/h11-12,14H,1-10H2. The molecule has 0 atom stereocenters. The van der Waals surface area contributed by atoms with E-state index in [9.17, 15) is 0 Å². The number of ether oxygens (including phenoxy) is 2. The molecule has 0 aromatic heterocycles. The maximum absolute atomic E-state index is 8.70. The van der Waals surface area contributed by atoms with E-state index in [1.54, 1.807) is 0 Å². The van der Waals surface area contributed by atoms with E-state index in [2.05, 4.69) is 4.90 Å². The molecule has 94 valence electrons. The summed E-state index contributed by atoms with van der Waals surface area (Å²) in [5, 5.41) is 8.70. The van der Waals surface area contributed by atoms with Gasteiger partial charge in [-0.25, -0.2) is 0 Å². The lowest BCUT2D eigenvalue weighted by Crippen LogP contribution is -2.45. The zero-order chi connectivity index (χ0) is 11.2. The van der Waals surface area contributed by atoms with Crippen LogP contribution in [0.15, 0.2) is 0 Å². The van der Waals surface area contributed by atoms with E-state index in [1.165, 1.54) is 12.8 Å². The molecule has 0 amide bonds. The van der Waals surface area contributed by atoms with Gasteiger partial charge in [-0.15, -0.1) is 0 Å². The molecule has 2 heterocycles. The maximum Gasteiger partial charge on any atom is 0.0701 e. The zero-order valence-corrected chi connectivity index (χ0v) is 9.94. The third-order valence-electron chi connectivity index (χ3n) is 3.63. The Kier molecular flexibility index (Phi) is 5.03. The van der Waals surface area contributed by atoms with Crippen molar-refractivity contribution in [3.05, 3.63) is 0 Å². The Morgan fingerprint density at radius 2 is 1.81 bits per heavy atom. The van der Waals surface area contributed by atoms with Crippen LogP contribution in [-0.4, -0.2) is 61.7 Å². The van der Waals surface area contributed by atoms with Crippen LogP contribution in [0.3, 0.4) is 0 Å². The minimum absolute atomic E-state index is 0.139. The van der Waals surface area contributed by atoms with Crippen LogP contribution >= 0.6 is 0 Å². The lowest BCUT2D eigenvalue weighted by atomic mass is 10.0. The van der Waals surface area contributed by atoms with Crippen molar-refractivity contribution < 1.29 is 14.6 Å². The van der Waals surface area contributed by atoms with Crippen molar-refractivity contribution >= 4 is 0 Å². The largest absolute Gasteiger partial charge is 0.394 e. The summed E-state index contributed by atoms with van der Waals surface area (Å²) in [6.45, 7) is 4.75. The molecule has 2 rings (SSSR count). The van der Waals surface area contributed by atoms with Crippen molar-refractivity contribution in [2.75, 3.05) is 39.5 Å². The van der Waals surface area contributed by atoms with Crippen LogP contribution in [0.4, 0.5) is 0 Å². The van der Waals surface area contributed by atoms with Gasteiger partial charge in [-0.2, -0.15) is 0 Å². The number of likely N-dealkylation sites (tertiary alicyclic amines) is 1.